The van der Waals surface area contributed by atoms with Gasteiger partial charge in [-0.1, -0.05) is 25.0 Å². The maximum atomic E-state index is 12.7. The van der Waals surface area contributed by atoms with Crippen LogP contribution in [-0.4, -0.2) is 52.9 Å². The quantitative estimate of drug-likeness (QED) is 0.472. The number of hydrogen-bond acceptors (Lipinski definition) is 6. The Balaban J connectivity index is 1.15. The van der Waals surface area contributed by atoms with E-state index < -0.39 is 0 Å². The van der Waals surface area contributed by atoms with Gasteiger partial charge in [0.2, 0.25) is 17.8 Å². The second kappa shape index (κ2) is 11.4. The molecule has 1 aliphatic carbocycles. The Hall–Kier alpha value is -3.94. The van der Waals surface area contributed by atoms with Crippen molar-refractivity contribution in [2.75, 3.05) is 41.7 Å². The summed E-state index contributed by atoms with van der Waals surface area (Å²) in [6.07, 6.45) is 7.45. The molecule has 1 saturated heterocycles. The number of amides is 2. The second-order valence-electron chi connectivity index (χ2n) is 9.92. The molecule has 1 saturated carbocycles. The number of carbonyl (C=O) groups excluding carboxylic acids is 2. The van der Waals surface area contributed by atoms with E-state index in [4.69, 9.17) is 0 Å². The third-order valence-corrected chi connectivity index (χ3v) is 7.22. The molecule has 0 bridgehead atoms. The molecule has 2 N–H and O–H groups in total. The Kier molecular flexibility index (Phi) is 7.63. The summed E-state index contributed by atoms with van der Waals surface area (Å²) in [4.78, 5) is 37.3. The van der Waals surface area contributed by atoms with Crippen molar-refractivity contribution in [2.24, 2.45) is 5.92 Å². The molecule has 2 heterocycles. The van der Waals surface area contributed by atoms with E-state index in [1.165, 1.54) is 32.6 Å². The lowest BCUT2D eigenvalue weighted by Gasteiger charge is -2.36. The zero-order valence-corrected chi connectivity index (χ0v) is 21.3. The topological polar surface area (TPSA) is 90.5 Å². The lowest BCUT2D eigenvalue weighted by Crippen LogP contribution is -2.49. The molecule has 2 fully saturated rings. The van der Waals surface area contributed by atoms with Crippen molar-refractivity contribution < 1.29 is 9.59 Å². The van der Waals surface area contributed by atoms with Crippen LogP contribution in [-0.2, 0) is 9.59 Å². The first-order chi connectivity index (χ1) is 18.0. The molecule has 2 amide bonds. The van der Waals surface area contributed by atoms with Gasteiger partial charge in [-0.25, -0.2) is 9.97 Å². The second-order valence-corrected chi connectivity index (χ2v) is 9.92. The predicted octanol–water partition coefficient (Wildman–Crippen LogP) is 5.07. The van der Waals surface area contributed by atoms with Crippen LogP contribution in [0.1, 0.15) is 39.0 Å². The average molecular weight is 499 g/mol. The maximum absolute atomic E-state index is 12.7. The maximum Gasteiger partial charge on any atom is 0.227 e. The standard InChI is InChI=1S/C29H34N6O2/c1-21(36)31-24-8-6-23(7-9-24)27-14-15-30-29(33-27)32-25-10-12-26(13-11-25)34-16-18-35(19-17-34)28(37)20-22-4-2-3-5-22/h6-15,22H,2-5,16-20H2,1H3,(H,31,36)(H,30,32,33). The van der Waals surface area contributed by atoms with Gasteiger partial charge >= 0.3 is 0 Å². The zero-order chi connectivity index (χ0) is 25.6. The van der Waals surface area contributed by atoms with E-state index in [0.29, 0.717) is 17.8 Å². The number of nitrogens with zero attached hydrogens (tertiary/aromatic N) is 4. The first kappa shape index (κ1) is 24.7. The van der Waals surface area contributed by atoms with Crippen molar-refractivity contribution in [1.29, 1.82) is 0 Å². The molecule has 0 atom stereocenters. The van der Waals surface area contributed by atoms with E-state index in [2.05, 4.69) is 37.6 Å². The number of nitrogens with one attached hydrogen (secondary N) is 2. The van der Waals surface area contributed by atoms with E-state index >= 15 is 0 Å². The molecule has 8 heteroatoms. The lowest BCUT2D eigenvalue weighted by atomic mass is 10.0. The van der Waals surface area contributed by atoms with Gasteiger partial charge in [0.15, 0.2) is 0 Å². The Morgan fingerprint density at radius 2 is 1.57 bits per heavy atom. The van der Waals surface area contributed by atoms with Gasteiger partial charge in [0.25, 0.3) is 0 Å². The predicted molar refractivity (Wildman–Crippen MR) is 147 cm³/mol. The normalized spacial score (nSPS) is 16.0. The molecule has 0 radical (unpaired) electrons. The van der Waals surface area contributed by atoms with Gasteiger partial charge in [0.1, 0.15) is 0 Å². The molecule has 37 heavy (non-hydrogen) atoms. The van der Waals surface area contributed by atoms with Crippen LogP contribution in [0.5, 0.6) is 0 Å². The molecule has 0 unspecified atom stereocenters. The van der Waals surface area contributed by atoms with Gasteiger partial charge in [-0.2, -0.15) is 0 Å². The summed E-state index contributed by atoms with van der Waals surface area (Å²) in [5, 5.41) is 6.06. The first-order valence-electron chi connectivity index (χ1n) is 13.1. The molecule has 8 nitrogen and oxygen atoms in total. The van der Waals surface area contributed by atoms with Gasteiger partial charge in [-0.05, 0) is 61.2 Å². The highest BCUT2D eigenvalue weighted by Crippen LogP contribution is 2.29. The molecule has 1 aliphatic heterocycles. The summed E-state index contributed by atoms with van der Waals surface area (Å²) >= 11 is 0. The average Bonchev–Trinajstić information content (AvgIpc) is 3.43. The molecule has 5 rings (SSSR count). The van der Waals surface area contributed by atoms with E-state index in [-0.39, 0.29) is 5.91 Å². The number of anilines is 4. The summed E-state index contributed by atoms with van der Waals surface area (Å²) in [5.74, 6) is 1.35. The molecular weight excluding hydrogens is 464 g/mol. The first-order valence-corrected chi connectivity index (χ1v) is 13.1. The van der Waals surface area contributed by atoms with E-state index in [0.717, 1.165) is 60.9 Å². The summed E-state index contributed by atoms with van der Waals surface area (Å²) in [6, 6.07) is 17.7. The molecule has 3 aromatic rings. The molecule has 2 aromatic carbocycles. The van der Waals surface area contributed by atoms with Gasteiger partial charge < -0.3 is 20.4 Å². The van der Waals surface area contributed by atoms with Crippen LogP contribution in [0.2, 0.25) is 0 Å². The summed E-state index contributed by atoms with van der Waals surface area (Å²) in [6.45, 7) is 4.78. The highest BCUT2D eigenvalue weighted by molar-refractivity contribution is 5.88. The fourth-order valence-corrected chi connectivity index (χ4v) is 5.20. The van der Waals surface area contributed by atoms with Crippen LogP contribution >= 0.6 is 0 Å². The number of rotatable bonds is 7. The summed E-state index contributed by atoms with van der Waals surface area (Å²) in [7, 11) is 0. The minimum atomic E-state index is -0.0980. The Bertz CT molecular complexity index is 1210. The van der Waals surface area contributed by atoms with Crippen LogP contribution < -0.4 is 15.5 Å². The third-order valence-electron chi connectivity index (χ3n) is 7.22. The van der Waals surface area contributed by atoms with Crippen molar-refractivity contribution in [3.63, 3.8) is 0 Å². The number of piperazine rings is 1. The molecule has 192 valence electrons. The number of hydrogen-bond donors (Lipinski definition) is 2. The van der Waals surface area contributed by atoms with Crippen molar-refractivity contribution in [3.05, 3.63) is 60.8 Å². The van der Waals surface area contributed by atoms with Crippen LogP contribution in [0.4, 0.5) is 23.0 Å². The van der Waals surface area contributed by atoms with Crippen molar-refractivity contribution in [3.8, 4) is 11.3 Å². The van der Waals surface area contributed by atoms with Crippen molar-refractivity contribution >= 4 is 34.8 Å². The van der Waals surface area contributed by atoms with Crippen molar-refractivity contribution in [2.45, 2.75) is 39.0 Å². The third kappa shape index (κ3) is 6.44. The van der Waals surface area contributed by atoms with Gasteiger partial charge in [0.05, 0.1) is 5.69 Å². The Labute approximate surface area is 218 Å². The Morgan fingerprint density at radius 1 is 0.892 bits per heavy atom. The lowest BCUT2D eigenvalue weighted by molar-refractivity contribution is -0.132. The molecule has 2 aliphatic rings. The van der Waals surface area contributed by atoms with E-state index in [1.54, 1.807) is 6.20 Å². The molecule has 1 aromatic heterocycles. The van der Waals surface area contributed by atoms with Gasteiger partial charge in [0, 0.05) is 68.3 Å². The summed E-state index contributed by atoms with van der Waals surface area (Å²) in [5.41, 5.74) is 4.55. The largest absolute Gasteiger partial charge is 0.368 e. The number of aromatic nitrogens is 2. The minimum absolute atomic E-state index is 0.0980. The van der Waals surface area contributed by atoms with Crippen LogP contribution in [0.3, 0.4) is 0 Å². The SMILES string of the molecule is CC(=O)Nc1ccc(-c2ccnc(Nc3ccc(N4CCN(C(=O)CC5CCCC5)CC4)cc3)n2)cc1. The monoisotopic (exact) mass is 498 g/mol. The minimum Gasteiger partial charge on any atom is -0.368 e. The zero-order valence-electron chi connectivity index (χ0n) is 21.3. The van der Waals surface area contributed by atoms with Gasteiger partial charge in [-0.3, -0.25) is 9.59 Å². The molecular formula is C29H34N6O2. The van der Waals surface area contributed by atoms with Crippen molar-refractivity contribution in [1.82, 2.24) is 14.9 Å². The van der Waals surface area contributed by atoms with Crippen LogP contribution in [0.25, 0.3) is 11.3 Å². The highest BCUT2D eigenvalue weighted by Gasteiger charge is 2.25. The highest BCUT2D eigenvalue weighted by atomic mass is 16.2. The number of benzene rings is 2. The molecule has 0 spiro atoms. The summed E-state index contributed by atoms with van der Waals surface area (Å²) < 4.78 is 0. The fourth-order valence-electron chi connectivity index (χ4n) is 5.20. The van der Waals surface area contributed by atoms with E-state index in [1.807, 2.05) is 47.4 Å². The van der Waals surface area contributed by atoms with E-state index in [9.17, 15) is 9.59 Å². The van der Waals surface area contributed by atoms with Crippen LogP contribution in [0, 0.1) is 5.92 Å². The Morgan fingerprint density at radius 3 is 2.24 bits per heavy atom. The van der Waals surface area contributed by atoms with Crippen LogP contribution in [0.15, 0.2) is 60.8 Å². The fraction of sp³-hybridized carbons (Fsp3) is 0.379. The smallest absolute Gasteiger partial charge is 0.227 e. The number of carbonyl (C=O) groups is 2. The van der Waals surface area contributed by atoms with Gasteiger partial charge in [-0.15, -0.1) is 0 Å².